The van der Waals surface area contributed by atoms with Crippen LogP contribution in [0.15, 0.2) is 31.4 Å². The Bertz CT molecular complexity index is 205. The zero-order valence-corrected chi connectivity index (χ0v) is 6.07. The van der Waals surface area contributed by atoms with Crippen LogP contribution in [-0.4, -0.2) is 10.0 Å². The van der Waals surface area contributed by atoms with Gasteiger partial charge < -0.3 is 5.48 Å². The van der Waals surface area contributed by atoms with Gasteiger partial charge in [-0.2, -0.15) is 0 Å². The monoisotopic (exact) mass is 140 g/mol. The van der Waals surface area contributed by atoms with E-state index in [9.17, 15) is 0 Å². The lowest BCUT2D eigenvalue weighted by Gasteiger charge is -1.83. The SMILES string of the molecule is C=CCn1cc[n+](C)c1.[OH-]. The van der Waals surface area contributed by atoms with Crippen molar-refractivity contribution in [2.45, 2.75) is 6.54 Å². The van der Waals surface area contributed by atoms with Gasteiger partial charge in [0.2, 0.25) is 6.33 Å². The van der Waals surface area contributed by atoms with Crippen molar-refractivity contribution in [2.75, 3.05) is 0 Å². The zero-order chi connectivity index (χ0) is 6.69. The van der Waals surface area contributed by atoms with Gasteiger partial charge in [0.15, 0.2) is 0 Å². The molecule has 0 bridgehead atoms. The Morgan fingerprint density at radius 2 is 2.40 bits per heavy atom. The summed E-state index contributed by atoms with van der Waals surface area (Å²) in [6, 6.07) is 0. The van der Waals surface area contributed by atoms with E-state index in [2.05, 4.69) is 11.1 Å². The molecule has 1 rings (SSSR count). The number of imidazole rings is 1. The lowest BCUT2D eigenvalue weighted by molar-refractivity contribution is -0.671. The number of rotatable bonds is 2. The Hall–Kier alpha value is -1.09. The number of allylic oxidation sites excluding steroid dienone is 1. The van der Waals surface area contributed by atoms with Gasteiger partial charge in [0.25, 0.3) is 0 Å². The van der Waals surface area contributed by atoms with Gasteiger partial charge in [-0.05, 0) is 0 Å². The average Bonchev–Trinajstić information content (AvgIpc) is 2.17. The first-order valence-electron chi connectivity index (χ1n) is 2.95. The Morgan fingerprint density at radius 3 is 2.80 bits per heavy atom. The molecule has 0 fully saturated rings. The quantitative estimate of drug-likeness (QED) is 0.430. The van der Waals surface area contributed by atoms with E-state index in [0.29, 0.717) is 0 Å². The molecule has 0 amide bonds. The van der Waals surface area contributed by atoms with Gasteiger partial charge in [0, 0.05) is 0 Å². The van der Waals surface area contributed by atoms with Crippen LogP contribution < -0.4 is 4.57 Å². The van der Waals surface area contributed by atoms with Crippen LogP contribution in [-0.2, 0) is 13.6 Å². The van der Waals surface area contributed by atoms with E-state index in [0.717, 1.165) is 6.54 Å². The van der Waals surface area contributed by atoms with Gasteiger partial charge in [0.05, 0.1) is 7.05 Å². The minimum atomic E-state index is 0. The highest BCUT2D eigenvalue weighted by Gasteiger charge is 1.93. The van der Waals surface area contributed by atoms with Crippen LogP contribution >= 0.6 is 0 Å². The first kappa shape index (κ1) is 8.91. The topological polar surface area (TPSA) is 38.8 Å². The first-order chi connectivity index (χ1) is 4.33. The predicted octanol–water partition coefficient (Wildman–Crippen LogP) is 0.322. The van der Waals surface area contributed by atoms with Crippen molar-refractivity contribution in [3.63, 3.8) is 0 Å². The second-order valence-electron chi connectivity index (χ2n) is 2.06. The predicted molar refractivity (Wildman–Crippen MR) is 37.7 cm³/mol. The number of aromatic nitrogens is 2. The summed E-state index contributed by atoms with van der Waals surface area (Å²) in [6.07, 6.45) is 7.91. The molecule has 0 saturated carbocycles. The van der Waals surface area contributed by atoms with E-state index in [1.165, 1.54) is 0 Å². The third kappa shape index (κ3) is 2.03. The molecule has 0 aliphatic carbocycles. The van der Waals surface area contributed by atoms with Crippen LogP contribution in [0, 0.1) is 0 Å². The number of hydrogen-bond donors (Lipinski definition) is 0. The molecule has 0 spiro atoms. The highest BCUT2D eigenvalue weighted by Crippen LogP contribution is 1.81. The summed E-state index contributed by atoms with van der Waals surface area (Å²) in [5, 5.41) is 0. The van der Waals surface area contributed by atoms with Crippen LogP contribution in [0.25, 0.3) is 0 Å². The lowest BCUT2D eigenvalue weighted by Crippen LogP contribution is -2.23. The van der Waals surface area contributed by atoms with Crippen LogP contribution in [0.2, 0.25) is 0 Å². The highest BCUT2D eigenvalue weighted by molar-refractivity contribution is 4.73. The maximum atomic E-state index is 3.64. The largest absolute Gasteiger partial charge is 0.870 e. The van der Waals surface area contributed by atoms with Crippen molar-refractivity contribution in [3.05, 3.63) is 31.4 Å². The molecular weight excluding hydrogens is 128 g/mol. The molecule has 0 aliphatic heterocycles. The lowest BCUT2D eigenvalue weighted by atomic mass is 10.6. The Kier molecular flexibility index (Phi) is 3.43. The Labute approximate surface area is 60.5 Å². The Balaban J connectivity index is 0.000000810. The minimum absolute atomic E-state index is 0. The molecule has 1 aromatic rings. The molecule has 0 saturated heterocycles. The third-order valence-electron chi connectivity index (χ3n) is 1.16. The fraction of sp³-hybridized carbons (Fsp3) is 0.286. The molecule has 0 atom stereocenters. The summed E-state index contributed by atoms with van der Waals surface area (Å²) in [5.41, 5.74) is 0. The fourth-order valence-electron chi connectivity index (χ4n) is 0.759. The van der Waals surface area contributed by atoms with E-state index >= 15 is 0 Å². The van der Waals surface area contributed by atoms with Crippen LogP contribution in [0.1, 0.15) is 0 Å². The number of hydrogen-bond acceptors (Lipinski definition) is 1. The standard InChI is InChI=1S/C7H11N2.H2O/c1-3-4-9-6-5-8(2)7-9;/h3,5-7H,1,4H2,2H3;1H2/q+1;/p-1. The maximum absolute atomic E-state index is 3.64. The first-order valence-corrected chi connectivity index (χ1v) is 2.95. The van der Waals surface area contributed by atoms with Gasteiger partial charge in [0.1, 0.15) is 18.9 Å². The molecule has 0 radical (unpaired) electrons. The van der Waals surface area contributed by atoms with Gasteiger partial charge in [-0.3, -0.25) is 0 Å². The van der Waals surface area contributed by atoms with Crippen molar-refractivity contribution < 1.29 is 10.0 Å². The molecule has 0 aliphatic rings. The number of aryl methyl sites for hydroxylation is 1. The minimum Gasteiger partial charge on any atom is -0.870 e. The van der Waals surface area contributed by atoms with E-state index in [1.807, 2.05) is 36.4 Å². The Morgan fingerprint density at radius 1 is 1.70 bits per heavy atom. The summed E-state index contributed by atoms with van der Waals surface area (Å²) in [6.45, 7) is 4.52. The molecule has 0 unspecified atom stereocenters. The van der Waals surface area contributed by atoms with Crippen molar-refractivity contribution in [1.29, 1.82) is 0 Å². The van der Waals surface area contributed by atoms with E-state index in [-0.39, 0.29) is 5.48 Å². The molecule has 1 heterocycles. The van der Waals surface area contributed by atoms with E-state index in [4.69, 9.17) is 0 Å². The highest BCUT2D eigenvalue weighted by atomic mass is 16.0. The molecule has 0 aromatic carbocycles. The fourth-order valence-corrected chi connectivity index (χ4v) is 0.759. The van der Waals surface area contributed by atoms with E-state index < -0.39 is 0 Å². The summed E-state index contributed by atoms with van der Waals surface area (Å²) in [4.78, 5) is 0. The molecule has 3 heteroatoms. The molecular formula is C7H12N2O. The maximum Gasteiger partial charge on any atom is 0.243 e. The molecule has 1 N–H and O–H groups in total. The van der Waals surface area contributed by atoms with Crippen molar-refractivity contribution in [3.8, 4) is 0 Å². The third-order valence-corrected chi connectivity index (χ3v) is 1.16. The summed E-state index contributed by atoms with van der Waals surface area (Å²) in [7, 11) is 2.00. The summed E-state index contributed by atoms with van der Waals surface area (Å²) in [5.74, 6) is 0. The van der Waals surface area contributed by atoms with Crippen LogP contribution in [0.3, 0.4) is 0 Å². The van der Waals surface area contributed by atoms with Crippen LogP contribution in [0.4, 0.5) is 0 Å². The molecule has 1 aromatic heterocycles. The van der Waals surface area contributed by atoms with Gasteiger partial charge in [-0.1, -0.05) is 12.7 Å². The van der Waals surface area contributed by atoms with E-state index in [1.54, 1.807) is 0 Å². The van der Waals surface area contributed by atoms with Gasteiger partial charge in [-0.25, -0.2) is 9.13 Å². The molecule has 3 nitrogen and oxygen atoms in total. The molecule has 10 heavy (non-hydrogen) atoms. The second kappa shape index (κ2) is 3.85. The number of nitrogens with zero attached hydrogens (tertiary/aromatic N) is 2. The van der Waals surface area contributed by atoms with Crippen molar-refractivity contribution in [1.82, 2.24) is 4.57 Å². The second-order valence-corrected chi connectivity index (χ2v) is 2.06. The average molecular weight is 140 g/mol. The van der Waals surface area contributed by atoms with Gasteiger partial charge in [-0.15, -0.1) is 0 Å². The molecule has 56 valence electrons. The zero-order valence-electron chi connectivity index (χ0n) is 6.07. The van der Waals surface area contributed by atoms with Crippen molar-refractivity contribution >= 4 is 0 Å². The van der Waals surface area contributed by atoms with Crippen LogP contribution in [0.5, 0.6) is 0 Å². The van der Waals surface area contributed by atoms with Crippen molar-refractivity contribution in [2.24, 2.45) is 7.05 Å². The normalized spacial score (nSPS) is 8.50. The van der Waals surface area contributed by atoms with Gasteiger partial charge >= 0.3 is 0 Å². The summed E-state index contributed by atoms with van der Waals surface area (Å²) < 4.78 is 4.07. The smallest absolute Gasteiger partial charge is 0.243 e. The summed E-state index contributed by atoms with van der Waals surface area (Å²) >= 11 is 0.